The van der Waals surface area contributed by atoms with E-state index in [2.05, 4.69) is 0 Å². The van der Waals surface area contributed by atoms with Gasteiger partial charge in [-0.3, -0.25) is 4.55 Å². The second kappa shape index (κ2) is 7.57. The van der Waals surface area contributed by atoms with Gasteiger partial charge in [-0.15, -0.1) is 0 Å². The van der Waals surface area contributed by atoms with Crippen molar-refractivity contribution in [3.05, 3.63) is 52.1 Å². The van der Waals surface area contributed by atoms with Gasteiger partial charge in [0, 0.05) is 0 Å². The second-order valence-corrected chi connectivity index (χ2v) is 10.9. The molecule has 2 aromatic rings. The van der Waals surface area contributed by atoms with E-state index in [4.69, 9.17) is 4.18 Å². The van der Waals surface area contributed by atoms with Crippen LogP contribution in [0.25, 0.3) is 0 Å². The van der Waals surface area contributed by atoms with Gasteiger partial charge < -0.3 is 0 Å². The third kappa shape index (κ3) is 4.13. The molecule has 0 saturated heterocycles. The third-order valence-electron chi connectivity index (χ3n) is 4.55. The molecule has 0 aliphatic carbocycles. The minimum atomic E-state index is -4.39. The Kier molecular flexibility index (Phi) is 6.22. The molecule has 6 nitrogen and oxygen atoms in total. The fourth-order valence-corrected chi connectivity index (χ4v) is 6.85. The van der Waals surface area contributed by atoms with E-state index >= 15 is 0 Å². The molecule has 0 bridgehead atoms. The molecule has 0 amide bonds. The molecular formula is C17H19HgO6S2+. The van der Waals surface area contributed by atoms with E-state index < -0.39 is 20.2 Å². The van der Waals surface area contributed by atoms with Gasteiger partial charge >= 0.3 is 158 Å². The van der Waals surface area contributed by atoms with Gasteiger partial charge in [0.2, 0.25) is 0 Å². The van der Waals surface area contributed by atoms with Crippen molar-refractivity contribution in [3.63, 3.8) is 0 Å². The van der Waals surface area contributed by atoms with Crippen LogP contribution in [-0.4, -0.2) is 21.4 Å². The summed E-state index contributed by atoms with van der Waals surface area (Å²) in [7, 11) is -8.46. The minimum absolute atomic E-state index is 0.0295. The predicted octanol–water partition coefficient (Wildman–Crippen LogP) is 2.98. The van der Waals surface area contributed by atoms with Crippen molar-refractivity contribution in [2.45, 2.75) is 41.4 Å². The fraction of sp³-hybridized carbons (Fsp3) is 0.294. The van der Waals surface area contributed by atoms with Gasteiger partial charge in [-0.2, -0.15) is 8.42 Å². The van der Waals surface area contributed by atoms with Crippen LogP contribution in [0.4, 0.5) is 0 Å². The maximum absolute atomic E-state index is 12.7. The monoisotopic (exact) mass is 585 g/mol. The standard InChI is InChI=1S/C17H19O6S2.Hg/c1-10-6-8-17(13(4)11(10)2)25(21,22)23-15-7-9-16(24(18,19)20)14(5)12(15)3;/h6-9H,1H2,2-5H3,(H,18,19,20);/q;+1. The van der Waals surface area contributed by atoms with Crippen molar-refractivity contribution in [1.29, 1.82) is 0 Å². The van der Waals surface area contributed by atoms with E-state index in [1.807, 2.05) is 13.0 Å². The molecule has 0 heterocycles. The topological polar surface area (TPSA) is 97.7 Å². The van der Waals surface area contributed by atoms with Gasteiger partial charge in [0.05, 0.1) is 0 Å². The van der Waals surface area contributed by atoms with E-state index in [0.717, 1.165) is 21.1 Å². The molecule has 0 saturated carbocycles. The van der Waals surface area contributed by atoms with E-state index in [9.17, 15) is 21.4 Å². The first-order valence-electron chi connectivity index (χ1n) is 7.80. The first kappa shape index (κ1) is 21.3. The van der Waals surface area contributed by atoms with Gasteiger partial charge in [0.1, 0.15) is 0 Å². The summed E-state index contributed by atoms with van der Waals surface area (Å²) in [6.07, 6.45) is 0. The Hall–Kier alpha value is -0.965. The molecule has 0 aliphatic rings. The average Bonchev–Trinajstić information content (AvgIpc) is 2.52. The number of benzene rings is 2. The van der Waals surface area contributed by atoms with Crippen LogP contribution in [-0.2, 0) is 50.3 Å². The molecule has 9 heteroatoms. The van der Waals surface area contributed by atoms with Gasteiger partial charge in [-0.25, -0.2) is 0 Å². The van der Waals surface area contributed by atoms with E-state index in [-0.39, 0.29) is 21.1 Å². The molecule has 0 unspecified atom stereocenters. The van der Waals surface area contributed by atoms with Gasteiger partial charge in [0.15, 0.2) is 0 Å². The molecule has 136 valence electrons. The molecule has 2 aromatic carbocycles. The quantitative estimate of drug-likeness (QED) is 0.330. The van der Waals surface area contributed by atoms with Crippen LogP contribution in [0.2, 0.25) is 0 Å². The van der Waals surface area contributed by atoms with Gasteiger partial charge in [-0.1, -0.05) is 0 Å². The van der Waals surface area contributed by atoms with Crippen LogP contribution >= 0.6 is 0 Å². The van der Waals surface area contributed by atoms with E-state index in [1.54, 1.807) is 19.9 Å². The summed E-state index contributed by atoms with van der Waals surface area (Å²) in [4.78, 5) is -0.179. The van der Waals surface area contributed by atoms with Crippen LogP contribution < -0.4 is 4.18 Å². The molecule has 0 atom stereocenters. The Labute approximate surface area is 170 Å². The second-order valence-electron chi connectivity index (χ2n) is 6.05. The first-order valence-corrected chi connectivity index (χ1v) is 14.5. The number of rotatable bonds is 5. The Morgan fingerprint density at radius 3 is 1.92 bits per heavy atom. The van der Waals surface area contributed by atoms with Crippen LogP contribution in [0.3, 0.4) is 0 Å². The van der Waals surface area contributed by atoms with Crippen molar-refractivity contribution >= 4 is 20.2 Å². The molecule has 0 aliphatic heterocycles. The van der Waals surface area contributed by atoms with Crippen molar-refractivity contribution in [2.75, 3.05) is 0 Å². The number of hydrogen-bond donors (Lipinski definition) is 1. The Bertz CT molecular complexity index is 1070. The van der Waals surface area contributed by atoms with Crippen molar-refractivity contribution < 1.29 is 51.7 Å². The Morgan fingerprint density at radius 2 is 1.38 bits per heavy atom. The van der Waals surface area contributed by atoms with Gasteiger partial charge in [-0.05, 0) is 0 Å². The SMILES string of the molecule is Cc1c([CH2][Hg+])ccc(S(=O)(=O)Oc2ccc(S(=O)(=O)O)c(C)c2C)c1C. The first-order chi connectivity index (χ1) is 11.9. The molecule has 0 spiro atoms. The number of hydrogen-bond acceptors (Lipinski definition) is 5. The molecule has 0 radical (unpaired) electrons. The summed E-state index contributed by atoms with van der Waals surface area (Å²) in [6, 6.07) is 5.73. The Balaban J connectivity index is 2.52. The predicted molar refractivity (Wildman–Crippen MR) is 93.2 cm³/mol. The normalized spacial score (nSPS) is 12.3. The zero-order chi connectivity index (χ0) is 19.9. The van der Waals surface area contributed by atoms with Crippen LogP contribution in [0.1, 0.15) is 27.8 Å². The van der Waals surface area contributed by atoms with Crippen LogP contribution in [0, 0.1) is 27.7 Å². The Morgan fingerprint density at radius 1 is 0.846 bits per heavy atom. The van der Waals surface area contributed by atoms with Crippen molar-refractivity contribution in [2.24, 2.45) is 0 Å². The molecule has 1 N–H and O–H groups in total. The molecular weight excluding hydrogens is 565 g/mol. The molecule has 2 rings (SSSR count). The summed E-state index contributed by atoms with van der Waals surface area (Å²) >= 11 is 0.579. The summed E-state index contributed by atoms with van der Waals surface area (Å²) in [5.74, 6) is 0.0295. The molecule has 0 fully saturated rings. The van der Waals surface area contributed by atoms with Crippen LogP contribution in [0.5, 0.6) is 5.75 Å². The summed E-state index contributed by atoms with van der Waals surface area (Å²) in [5.41, 5.74) is 3.31. The van der Waals surface area contributed by atoms with Crippen LogP contribution in [0.15, 0.2) is 34.1 Å². The van der Waals surface area contributed by atoms with E-state index in [1.165, 1.54) is 13.0 Å². The molecule has 0 aromatic heterocycles. The summed E-state index contributed by atoms with van der Waals surface area (Å²) in [5, 5.41) is 0. The van der Waals surface area contributed by atoms with Crippen molar-refractivity contribution in [1.82, 2.24) is 0 Å². The van der Waals surface area contributed by atoms with Gasteiger partial charge in [0.25, 0.3) is 0 Å². The fourth-order valence-electron chi connectivity index (χ4n) is 2.70. The average molecular weight is 584 g/mol. The molecule has 26 heavy (non-hydrogen) atoms. The zero-order valence-corrected chi connectivity index (χ0v) is 22.2. The third-order valence-corrected chi connectivity index (χ3v) is 9.03. The van der Waals surface area contributed by atoms with Crippen molar-refractivity contribution in [3.8, 4) is 5.75 Å². The summed E-state index contributed by atoms with van der Waals surface area (Å²) in [6.45, 7) is 6.67. The summed E-state index contributed by atoms with van der Waals surface area (Å²) < 4.78 is 63.7. The van der Waals surface area contributed by atoms with E-state index in [0.29, 0.717) is 37.2 Å². The zero-order valence-electron chi connectivity index (χ0n) is 15.0. The maximum atomic E-state index is 12.7.